The summed E-state index contributed by atoms with van der Waals surface area (Å²) in [6.45, 7) is 0. The molecule has 2 heterocycles. The summed E-state index contributed by atoms with van der Waals surface area (Å²) in [4.78, 5) is 0.500. The average Bonchev–Trinajstić information content (AvgIpc) is 3.18. The molecule has 0 spiro atoms. The van der Waals surface area contributed by atoms with Crippen molar-refractivity contribution >= 4 is 16.3 Å². The zero-order valence-corrected chi connectivity index (χ0v) is 13.2. The molecule has 0 fully saturated rings. The van der Waals surface area contributed by atoms with E-state index in [1.165, 1.54) is 15.9 Å². The van der Waals surface area contributed by atoms with E-state index in [2.05, 4.69) is 15.3 Å². The van der Waals surface area contributed by atoms with Gasteiger partial charge in [-0.1, -0.05) is 11.3 Å². The molecule has 0 saturated heterocycles. The highest BCUT2D eigenvalue weighted by atomic mass is 32.1. The Balaban J connectivity index is 1.82. The van der Waals surface area contributed by atoms with E-state index in [1.54, 1.807) is 7.11 Å². The van der Waals surface area contributed by atoms with E-state index in [9.17, 15) is 8.78 Å². The largest absolute Gasteiger partial charge is 0.497 e. The van der Waals surface area contributed by atoms with Gasteiger partial charge in [-0.15, -0.1) is 10.2 Å². The fourth-order valence-corrected chi connectivity index (χ4v) is 3.15. The molecule has 0 radical (unpaired) electrons. The standard InChI is InChI=1S/C16H10F2N4OS/c1-23-11-5-2-9(3-6-11)15-21-22-14(19-20-16(22)24-15)12-8-10(17)4-7-13(12)18/h2-8H,1H3. The van der Waals surface area contributed by atoms with Crippen molar-refractivity contribution in [2.45, 2.75) is 0 Å². The number of rotatable bonds is 3. The lowest BCUT2D eigenvalue weighted by molar-refractivity contribution is 0.415. The number of methoxy groups -OCH3 is 1. The van der Waals surface area contributed by atoms with Gasteiger partial charge in [-0.05, 0) is 42.5 Å². The molecular formula is C16H10F2N4OS. The van der Waals surface area contributed by atoms with Crippen molar-refractivity contribution in [3.63, 3.8) is 0 Å². The number of nitrogens with zero attached hydrogens (tertiary/aromatic N) is 4. The zero-order valence-electron chi connectivity index (χ0n) is 12.4. The van der Waals surface area contributed by atoms with Crippen LogP contribution in [0.15, 0.2) is 42.5 Å². The highest BCUT2D eigenvalue weighted by molar-refractivity contribution is 7.19. The van der Waals surface area contributed by atoms with E-state index < -0.39 is 11.6 Å². The first-order chi connectivity index (χ1) is 11.7. The van der Waals surface area contributed by atoms with Crippen LogP contribution in [-0.4, -0.2) is 26.9 Å². The summed E-state index contributed by atoms with van der Waals surface area (Å²) >= 11 is 1.31. The Hall–Kier alpha value is -2.87. The van der Waals surface area contributed by atoms with E-state index in [0.717, 1.165) is 29.5 Å². The summed E-state index contributed by atoms with van der Waals surface area (Å²) in [6.07, 6.45) is 0. The maximum atomic E-state index is 14.0. The second-order valence-corrected chi connectivity index (χ2v) is 5.93. The van der Waals surface area contributed by atoms with Crippen LogP contribution in [0.4, 0.5) is 8.78 Å². The fourth-order valence-electron chi connectivity index (χ4n) is 2.30. The maximum Gasteiger partial charge on any atom is 0.235 e. The molecule has 0 N–H and O–H groups in total. The lowest BCUT2D eigenvalue weighted by atomic mass is 10.2. The van der Waals surface area contributed by atoms with Gasteiger partial charge in [0.25, 0.3) is 0 Å². The minimum absolute atomic E-state index is 0.0223. The van der Waals surface area contributed by atoms with E-state index in [0.29, 0.717) is 9.97 Å². The number of fused-ring (bicyclic) bond motifs is 1. The van der Waals surface area contributed by atoms with Crippen molar-refractivity contribution in [3.8, 4) is 27.7 Å². The van der Waals surface area contributed by atoms with Gasteiger partial charge in [-0.25, -0.2) is 8.78 Å². The molecule has 0 unspecified atom stereocenters. The Morgan fingerprint density at radius 3 is 2.58 bits per heavy atom. The van der Waals surface area contributed by atoms with Gasteiger partial charge >= 0.3 is 0 Å². The van der Waals surface area contributed by atoms with Crippen molar-refractivity contribution in [1.82, 2.24) is 19.8 Å². The van der Waals surface area contributed by atoms with Crippen LogP contribution in [0.25, 0.3) is 26.9 Å². The first-order valence-electron chi connectivity index (χ1n) is 6.98. The van der Waals surface area contributed by atoms with Crippen LogP contribution in [0.5, 0.6) is 5.75 Å². The average molecular weight is 344 g/mol. The van der Waals surface area contributed by atoms with Gasteiger partial charge in [0.15, 0.2) is 5.82 Å². The molecule has 0 aliphatic heterocycles. The summed E-state index contributed by atoms with van der Waals surface area (Å²) in [5.74, 6) is -0.222. The molecule has 4 aromatic rings. The van der Waals surface area contributed by atoms with Crippen LogP contribution in [0, 0.1) is 11.6 Å². The van der Waals surface area contributed by atoms with Gasteiger partial charge in [0.05, 0.1) is 12.7 Å². The number of aromatic nitrogens is 4. The van der Waals surface area contributed by atoms with Crippen molar-refractivity contribution in [3.05, 3.63) is 54.1 Å². The Kier molecular flexibility index (Phi) is 3.46. The molecule has 0 atom stereocenters. The van der Waals surface area contributed by atoms with E-state index in [4.69, 9.17) is 4.74 Å². The summed E-state index contributed by atoms with van der Waals surface area (Å²) in [6, 6.07) is 10.6. The van der Waals surface area contributed by atoms with E-state index in [-0.39, 0.29) is 11.4 Å². The molecule has 0 aliphatic rings. The Morgan fingerprint density at radius 1 is 1.04 bits per heavy atom. The molecule has 0 saturated carbocycles. The fraction of sp³-hybridized carbons (Fsp3) is 0.0625. The molecular weight excluding hydrogens is 334 g/mol. The number of hydrogen-bond donors (Lipinski definition) is 0. The van der Waals surface area contributed by atoms with Crippen LogP contribution >= 0.6 is 11.3 Å². The van der Waals surface area contributed by atoms with Gasteiger partial charge in [-0.2, -0.15) is 9.61 Å². The lowest BCUT2D eigenvalue weighted by Crippen LogP contribution is -1.94. The summed E-state index contributed by atoms with van der Waals surface area (Å²) in [5, 5.41) is 13.0. The topological polar surface area (TPSA) is 52.3 Å². The normalized spacial score (nSPS) is 11.1. The van der Waals surface area contributed by atoms with Gasteiger partial charge in [0.2, 0.25) is 4.96 Å². The number of benzene rings is 2. The highest BCUT2D eigenvalue weighted by Gasteiger charge is 2.17. The zero-order chi connectivity index (χ0) is 16.7. The van der Waals surface area contributed by atoms with Crippen molar-refractivity contribution < 1.29 is 13.5 Å². The Labute approximate surface area is 139 Å². The Bertz CT molecular complexity index is 1030. The molecule has 0 bridgehead atoms. The minimum Gasteiger partial charge on any atom is -0.497 e. The predicted molar refractivity (Wildman–Crippen MR) is 86.0 cm³/mol. The SMILES string of the molecule is COc1ccc(-c2nn3c(-c4cc(F)ccc4F)nnc3s2)cc1. The summed E-state index contributed by atoms with van der Waals surface area (Å²) in [5.41, 5.74) is 0.894. The highest BCUT2D eigenvalue weighted by Crippen LogP contribution is 2.30. The van der Waals surface area contributed by atoms with Gasteiger partial charge in [-0.3, -0.25) is 0 Å². The van der Waals surface area contributed by atoms with Crippen molar-refractivity contribution in [2.24, 2.45) is 0 Å². The van der Waals surface area contributed by atoms with Crippen LogP contribution in [0.1, 0.15) is 0 Å². The molecule has 5 nitrogen and oxygen atoms in total. The first-order valence-corrected chi connectivity index (χ1v) is 7.79. The van der Waals surface area contributed by atoms with Crippen LogP contribution in [0.3, 0.4) is 0 Å². The van der Waals surface area contributed by atoms with E-state index >= 15 is 0 Å². The molecule has 2 aromatic carbocycles. The molecule has 120 valence electrons. The third-order valence-corrected chi connectivity index (χ3v) is 4.45. The minimum atomic E-state index is -0.579. The van der Waals surface area contributed by atoms with Crippen molar-refractivity contribution in [1.29, 1.82) is 0 Å². The number of hydrogen-bond acceptors (Lipinski definition) is 5. The molecule has 2 aromatic heterocycles. The quantitative estimate of drug-likeness (QED) is 0.567. The first kappa shape index (κ1) is 14.7. The van der Waals surface area contributed by atoms with Crippen LogP contribution in [0.2, 0.25) is 0 Å². The summed E-state index contributed by atoms with van der Waals surface area (Å²) in [7, 11) is 1.60. The van der Waals surface area contributed by atoms with Gasteiger partial charge in [0, 0.05) is 5.56 Å². The Morgan fingerprint density at radius 2 is 1.83 bits per heavy atom. The number of halogens is 2. The maximum absolute atomic E-state index is 14.0. The van der Waals surface area contributed by atoms with Crippen LogP contribution in [-0.2, 0) is 0 Å². The molecule has 24 heavy (non-hydrogen) atoms. The second-order valence-electron chi connectivity index (χ2n) is 4.98. The lowest BCUT2D eigenvalue weighted by Gasteiger charge is -2.00. The molecule has 8 heteroatoms. The van der Waals surface area contributed by atoms with Gasteiger partial charge in [0.1, 0.15) is 22.4 Å². The third kappa shape index (κ3) is 2.41. The monoisotopic (exact) mass is 344 g/mol. The van der Waals surface area contributed by atoms with E-state index in [1.807, 2.05) is 24.3 Å². The molecule has 0 aliphatic carbocycles. The number of ether oxygens (including phenoxy) is 1. The van der Waals surface area contributed by atoms with Gasteiger partial charge < -0.3 is 4.74 Å². The smallest absolute Gasteiger partial charge is 0.235 e. The molecule has 4 rings (SSSR count). The van der Waals surface area contributed by atoms with Crippen molar-refractivity contribution in [2.75, 3.05) is 7.11 Å². The predicted octanol–water partition coefficient (Wildman–Crippen LogP) is 3.81. The summed E-state index contributed by atoms with van der Waals surface area (Å²) < 4.78 is 34.0. The second kappa shape index (κ2) is 5.64. The third-order valence-electron chi connectivity index (χ3n) is 3.50. The van der Waals surface area contributed by atoms with Crippen LogP contribution < -0.4 is 4.74 Å². The molecule has 0 amide bonds.